The number of rotatable bonds is 4. The Bertz CT molecular complexity index is 1430. The van der Waals surface area contributed by atoms with Crippen LogP contribution in [-0.2, 0) is 10.0 Å². The number of benzene rings is 1. The predicted octanol–water partition coefficient (Wildman–Crippen LogP) is 3.65. The van der Waals surface area contributed by atoms with E-state index < -0.39 is 26.5 Å². The van der Waals surface area contributed by atoms with Crippen LogP contribution in [0.3, 0.4) is 0 Å². The molecule has 2 aliphatic rings. The number of amides is 1. The van der Waals surface area contributed by atoms with Crippen LogP contribution in [0.4, 0.5) is 10.1 Å². The lowest BCUT2D eigenvalue weighted by Crippen LogP contribution is -2.42. The summed E-state index contributed by atoms with van der Waals surface area (Å²) in [6, 6.07) is 6.31. The Kier molecular flexibility index (Phi) is 5.42. The molecule has 4 heterocycles. The Hall–Kier alpha value is -3.34. The van der Waals surface area contributed by atoms with E-state index in [9.17, 15) is 17.6 Å². The molecule has 5 rings (SSSR count). The molecule has 0 saturated carbocycles. The van der Waals surface area contributed by atoms with Crippen molar-refractivity contribution >= 4 is 27.1 Å². The number of anilines is 1. The molecule has 2 aromatic heterocycles. The summed E-state index contributed by atoms with van der Waals surface area (Å²) in [6.07, 6.45) is 3.84. The normalized spacial score (nSPS) is 20.0. The van der Waals surface area contributed by atoms with Crippen molar-refractivity contribution in [3.8, 4) is 11.5 Å². The highest BCUT2D eigenvalue weighted by Gasteiger charge is 2.36. The summed E-state index contributed by atoms with van der Waals surface area (Å²) in [7, 11) is -3.89. The quantitative estimate of drug-likeness (QED) is 0.581. The molecular formula is C24H27FN4O5S. The number of pyridine rings is 1. The molecule has 2 aliphatic heterocycles. The van der Waals surface area contributed by atoms with Crippen molar-refractivity contribution in [2.24, 2.45) is 5.92 Å². The minimum atomic E-state index is -3.89. The van der Waals surface area contributed by atoms with Gasteiger partial charge in [0.05, 0.1) is 28.1 Å². The lowest BCUT2D eigenvalue weighted by Gasteiger charge is -2.28. The van der Waals surface area contributed by atoms with Crippen molar-refractivity contribution in [2.45, 2.75) is 44.9 Å². The van der Waals surface area contributed by atoms with Gasteiger partial charge in [0.2, 0.25) is 16.8 Å². The van der Waals surface area contributed by atoms with Gasteiger partial charge < -0.3 is 14.4 Å². The summed E-state index contributed by atoms with van der Waals surface area (Å²) in [5, 5.41) is 4.21. The molecule has 1 aromatic carbocycles. The predicted molar refractivity (Wildman–Crippen MR) is 128 cm³/mol. The van der Waals surface area contributed by atoms with E-state index in [0.717, 1.165) is 12.1 Å². The number of hydrogen-bond acceptors (Lipinski definition) is 7. The molecule has 9 nitrogen and oxygen atoms in total. The molecule has 1 saturated heterocycles. The number of carbonyl (C=O) groups excluding carboxylic acids is 1. The van der Waals surface area contributed by atoms with Crippen molar-refractivity contribution in [2.75, 3.05) is 18.2 Å². The van der Waals surface area contributed by atoms with Gasteiger partial charge in [0.1, 0.15) is 5.82 Å². The standard InChI is InChI=1S/C24H27FN4O5S/c1-14-7-19(17-8-15(25)9-21-22(17)34-13-33-21)28(12-14)16-5-6-29-20(10-16)18(11-26-29)23(30)27-35(31,32)24(2,3)4/h5-6,8-11,14,19H,7,12-13H2,1-4H3,(H,27,30)/t14-,19+/m0/s1. The highest BCUT2D eigenvalue weighted by Crippen LogP contribution is 2.47. The Morgan fingerprint density at radius 2 is 2.00 bits per heavy atom. The number of nitrogens with zero attached hydrogens (tertiary/aromatic N) is 3. The van der Waals surface area contributed by atoms with Gasteiger partial charge in [0.25, 0.3) is 5.91 Å². The molecule has 2 atom stereocenters. The first-order chi connectivity index (χ1) is 16.4. The van der Waals surface area contributed by atoms with Crippen LogP contribution in [0.1, 0.15) is 56.1 Å². The summed E-state index contributed by atoms with van der Waals surface area (Å²) in [4.78, 5) is 15.0. The topological polar surface area (TPSA) is 102 Å². The van der Waals surface area contributed by atoms with E-state index in [-0.39, 0.29) is 18.4 Å². The zero-order valence-corrected chi connectivity index (χ0v) is 20.7. The third-order valence-corrected chi connectivity index (χ3v) is 8.52. The zero-order chi connectivity index (χ0) is 25.1. The highest BCUT2D eigenvalue weighted by molar-refractivity contribution is 7.91. The Morgan fingerprint density at radius 3 is 2.74 bits per heavy atom. The van der Waals surface area contributed by atoms with Crippen LogP contribution < -0.4 is 19.1 Å². The third-order valence-electron chi connectivity index (χ3n) is 6.45. The van der Waals surface area contributed by atoms with Crippen molar-refractivity contribution in [3.05, 3.63) is 53.6 Å². The van der Waals surface area contributed by atoms with E-state index in [4.69, 9.17) is 9.47 Å². The number of ether oxygens (including phenoxy) is 2. The van der Waals surface area contributed by atoms with Crippen molar-refractivity contribution in [1.29, 1.82) is 0 Å². The third kappa shape index (κ3) is 4.07. The molecule has 1 N–H and O–H groups in total. The lowest BCUT2D eigenvalue weighted by atomic mass is 9.99. The number of sulfonamides is 1. The van der Waals surface area contributed by atoms with Crippen molar-refractivity contribution < 1.29 is 27.1 Å². The number of halogens is 1. The molecule has 3 aromatic rings. The molecule has 1 fully saturated rings. The molecule has 186 valence electrons. The molecule has 0 radical (unpaired) electrons. The first kappa shape index (κ1) is 23.4. The van der Waals surface area contributed by atoms with Crippen LogP contribution in [0.25, 0.3) is 5.52 Å². The molecule has 0 bridgehead atoms. The Labute approximate surface area is 202 Å². The summed E-state index contributed by atoms with van der Waals surface area (Å²) in [6.45, 7) is 7.43. The summed E-state index contributed by atoms with van der Waals surface area (Å²) in [5.41, 5.74) is 2.12. The molecule has 0 aliphatic carbocycles. The second-order valence-electron chi connectivity index (χ2n) is 10.1. The minimum absolute atomic E-state index is 0.0474. The van der Waals surface area contributed by atoms with Crippen LogP contribution in [0.2, 0.25) is 0 Å². The number of hydrogen-bond donors (Lipinski definition) is 1. The Morgan fingerprint density at radius 1 is 1.23 bits per heavy atom. The SMILES string of the molecule is C[C@H]1C[C@H](c2cc(F)cc3c2OCO3)N(c2ccn3ncc(C(=O)NS(=O)(=O)C(C)(C)C)c3c2)C1. The number of aromatic nitrogens is 2. The maximum atomic E-state index is 14.4. The maximum absolute atomic E-state index is 14.4. The van der Waals surface area contributed by atoms with Crippen LogP contribution in [0.5, 0.6) is 11.5 Å². The van der Waals surface area contributed by atoms with Gasteiger partial charge in [-0.1, -0.05) is 6.92 Å². The average molecular weight is 503 g/mol. The van der Waals surface area contributed by atoms with E-state index in [1.165, 1.54) is 43.6 Å². The van der Waals surface area contributed by atoms with Crippen molar-refractivity contribution in [3.63, 3.8) is 0 Å². The fourth-order valence-electron chi connectivity index (χ4n) is 4.53. The van der Waals surface area contributed by atoms with Gasteiger partial charge in [-0.15, -0.1) is 0 Å². The summed E-state index contributed by atoms with van der Waals surface area (Å²) < 4.78 is 53.0. The maximum Gasteiger partial charge on any atom is 0.268 e. The Balaban J connectivity index is 1.52. The molecule has 0 spiro atoms. The van der Waals surface area contributed by atoms with Gasteiger partial charge in [-0.25, -0.2) is 22.0 Å². The van der Waals surface area contributed by atoms with E-state index >= 15 is 0 Å². The second-order valence-corrected chi connectivity index (χ2v) is 12.5. The summed E-state index contributed by atoms with van der Waals surface area (Å²) in [5.74, 6) is 0.126. The highest BCUT2D eigenvalue weighted by atomic mass is 32.2. The fourth-order valence-corrected chi connectivity index (χ4v) is 5.19. The minimum Gasteiger partial charge on any atom is -0.453 e. The zero-order valence-electron chi connectivity index (χ0n) is 19.9. The number of fused-ring (bicyclic) bond motifs is 2. The van der Waals surface area contributed by atoms with Gasteiger partial charge in [-0.2, -0.15) is 5.10 Å². The molecule has 0 unspecified atom stereocenters. The lowest BCUT2D eigenvalue weighted by molar-refractivity contribution is 0.0982. The molecule has 11 heteroatoms. The van der Waals surface area contributed by atoms with Crippen LogP contribution in [-0.4, -0.2) is 42.0 Å². The van der Waals surface area contributed by atoms with Crippen LogP contribution in [0, 0.1) is 11.7 Å². The van der Waals surface area contributed by atoms with Crippen LogP contribution >= 0.6 is 0 Å². The second kappa shape index (κ2) is 8.11. The van der Waals surface area contributed by atoms with E-state index in [1.54, 1.807) is 12.3 Å². The largest absolute Gasteiger partial charge is 0.453 e. The van der Waals surface area contributed by atoms with E-state index in [0.29, 0.717) is 35.0 Å². The van der Waals surface area contributed by atoms with Gasteiger partial charge >= 0.3 is 0 Å². The van der Waals surface area contributed by atoms with Gasteiger partial charge in [0, 0.05) is 30.1 Å². The molecule has 1 amide bonds. The average Bonchev–Trinajstić information content (AvgIpc) is 3.49. The number of nitrogens with one attached hydrogen (secondary N) is 1. The first-order valence-corrected chi connectivity index (χ1v) is 12.8. The van der Waals surface area contributed by atoms with Crippen LogP contribution in [0.15, 0.2) is 36.7 Å². The van der Waals surface area contributed by atoms with E-state index in [1.807, 2.05) is 6.07 Å². The van der Waals surface area contributed by atoms with Gasteiger partial charge in [-0.05, 0) is 51.3 Å². The first-order valence-electron chi connectivity index (χ1n) is 11.3. The monoisotopic (exact) mass is 502 g/mol. The van der Waals surface area contributed by atoms with E-state index in [2.05, 4.69) is 21.6 Å². The molecule has 35 heavy (non-hydrogen) atoms. The van der Waals surface area contributed by atoms with Gasteiger partial charge in [0.15, 0.2) is 11.5 Å². The smallest absolute Gasteiger partial charge is 0.268 e. The van der Waals surface area contributed by atoms with Gasteiger partial charge in [-0.3, -0.25) is 4.79 Å². The molecular weight excluding hydrogens is 475 g/mol. The van der Waals surface area contributed by atoms with Crippen molar-refractivity contribution in [1.82, 2.24) is 14.3 Å². The fraction of sp³-hybridized carbons (Fsp3) is 0.417. The summed E-state index contributed by atoms with van der Waals surface area (Å²) >= 11 is 0. The number of carbonyl (C=O) groups is 1.